The first-order valence-electron chi connectivity index (χ1n) is 5.94. The molecule has 0 unspecified atom stereocenters. The Balaban J connectivity index is 1.86. The smallest absolute Gasteiger partial charge is 0.0628 e. The molecule has 3 heteroatoms. The van der Waals surface area contributed by atoms with Gasteiger partial charge in [-0.2, -0.15) is 5.10 Å². The summed E-state index contributed by atoms with van der Waals surface area (Å²) < 4.78 is 1.93. The van der Waals surface area contributed by atoms with Crippen molar-refractivity contribution in [2.45, 2.75) is 45.1 Å². The molecule has 0 radical (unpaired) electrons. The zero-order valence-electron chi connectivity index (χ0n) is 9.95. The molecule has 3 nitrogen and oxygen atoms in total. The summed E-state index contributed by atoms with van der Waals surface area (Å²) in [5.74, 6) is 0.744. The molecule has 0 spiro atoms. The van der Waals surface area contributed by atoms with Crippen molar-refractivity contribution in [3.05, 3.63) is 17.5 Å². The van der Waals surface area contributed by atoms with Crippen LogP contribution in [0, 0.1) is 6.92 Å². The van der Waals surface area contributed by atoms with Gasteiger partial charge in [-0.3, -0.25) is 4.68 Å². The fourth-order valence-electron chi connectivity index (χ4n) is 2.41. The minimum absolute atomic E-state index is 0.744. The van der Waals surface area contributed by atoms with E-state index >= 15 is 0 Å². The second-order valence-electron chi connectivity index (χ2n) is 4.66. The Morgan fingerprint density at radius 3 is 2.80 bits per heavy atom. The Hall–Kier alpha value is -0.830. The molecular formula is C12H21N3. The molecule has 0 bridgehead atoms. The maximum Gasteiger partial charge on any atom is 0.0628 e. The molecule has 1 aliphatic carbocycles. The van der Waals surface area contributed by atoms with Crippen LogP contribution in [0.2, 0.25) is 0 Å². The van der Waals surface area contributed by atoms with Crippen LogP contribution in [-0.2, 0) is 7.05 Å². The Kier molecular flexibility index (Phi) is 3.10. The average molecular weight is 207 g/mol. The molecule has 1 aromatic rings. The minimum Gasteiger partial charge on any atom is -0.314 e. The van der Waals surface area contributed by atoms with Crippen molar-refractivity contribution < 1.29 is 0 Å². The van der Waals surface area contributed by atoms with Gasteiger partial charge in [0.05, 0.1) is 5.69 Å². The molecule has 1 N–H and O–H groups in total. The zero-order valence-corrected chi connectivity index (χ0v) is 9.95. The maximum atomic E-state index is 4.40. The van der Waals surface area contributed by atoms with Gasteiger partial charge in [-0.1, -0.05) is 6.92 Å². The van der Waals surface area contributed by atoms with Crippen molar-refractivity contribution in [3.63, 3.8) is 0 Å². The zero-order chi connectivity index (χ0) is 10.8. The average Bonchev–Trinajstić information content (AvgIpc) is 2.43. The molecule has 1 fully saturated rings. The van der Waals surface area contributed by atoms with Gasteiger partial charge in [0.15, 0.2) is 0 Å². The number of nitrogens with zero attached hydrogens (tertiary/aromatic N) is 2. The summed E-state index contributed by atoms with van der Waals surface area (Å²) in [6.07, 6.45) is 5.97. The van der Waals surface area contributed by atoms with Gasteiger partial charge in [0.25, 0.3) is 0 Å². The number of hydrogen-bond acceptors (Lipinski definition) is 2. The Morgan fingerprint density at radius 2 is 2.27 bits per heavy atom. The molecule has 1 saturated carbocycles. The SMILES string of the molecule is CCCNC1CC(c2cn(C)nc2C)C1. The van der Waals surface area contributed by atoms with Gasteiger partial charge in [-0.05, 0) is 44.2 Å². The summed E-state index contributed by atoms with van der Waals surface area (Å²) in [5, 5.41) is 7.96. The fourth-order valence-corrected chi connectivity index (χ4v) is 2.41. The molecule has 0 atom stereocenters. The van der Waals surface area contributed by atoms with Gasteiger partial charge in [0, 0.05) is 19.3 Å². The third kappa shape index (κ3) is 2.23. The van der Waals surface area contributed by atoms with Crippen molar-refractivity contribution in [1.82, 2.24) is 15.1 Å². The topological polar surface area (TPSA) is 29.9 Å². The maximum absolute atomic E-state index is 4.40. The monoisotopic (exact) mass is 207 g/mol. The molecule has 0 aromatic carbocycles. The summed E-state index contributed by atoms with van der Waals surface area (Å²) in [7, 11) is 2.00. The molecule has 0 saturated heterocycles. The van der Waals surface area contributed by atoms with Crippen molar-refractivity contribution in [2.24, 2.45) is 7.05 Å². The van der Waals surface area contributed by atoms with Crippen LogP contribution in [0.5, 0.6) is 0 Å². The number of aryl methyl sites for hydroxylation is 2. The van der Waals surface area contributed by atoms with Crippen molar-refractivity contribution in [1.29, 1.82) is 0 Å². The van der Waals surface area contributed by atoms with Crippen LogP contribution < -0.4 is 5.32 Å². The van der Waals surface area contributed by atoms with Crippen LogP contribution in [0.25, 0.3) is 0 Å². The first kappa shape index (κ1) is 10.7. The summed E-state index contributed by atoms with van der Waals surface area (Å²) in [6, 6.07) is 0.745. The van der Waals surface area contributed by atoms with Crippen LogP contribution >= 0.6 is 0 Å². The van der Waals surface area contributed by atoms with Gasteiger partial charge in [-0.15, -0.1) is 0 Å². The lowest BCUT2D eigenvalue weighted by atomic mass is 9.76. The molecule has 1 heterocycles. The number of hydrogen-bond donors (Lipinski definition) is 1. The van der Waals surface area contributed by atoms with Gasteiger partial charge < -0.3 is 5.32 Å². The fraction of sp³-hybridized carbons (Fsp3) is 0.750. The molecule has 2 rings (SSSR count). The van der Waals surface area contributed by atoms with E-state index in [2.05, 4.69) is 30.5 Å². The summed E-state index contributed by atoms with van der Waals surface area (Å²) in [5.41, 5.74) is 2.66. The van der Waals surface area contributed by atoms with E-state index in [4.69, 9.17) is 0 Å². The van der Waals surface area contributed by atoms with E-state index in [9.17, 15) is 0 Å². The second-order valence-corrected chi connectivity index (χ2v) is 4.66. The van der Waals surface area contributed by atoms with Gasteiger partial charge in [0.1, 0.15) is 0 Å². The van der Waals surface area contributed by atoms with E-state index in [0.29, 0.717) is 0 Å². The third-order valence-electron chi connectivity index (χ3n) is 3.31. The Labute approximate surface area is 91.9 Å². The van der Waals surface area contributed by atoms with Crippen LogP contribution in [0.15, 0.2) is 6.20 Å². The van der Waals surface area contributed by atoms with E-state index in [1.807, 2.05) is 11.7 Å². The van der Waals surface area contributed by atoms with Gasteiger partial charge in [-0.25, -0.2) is 0 Å². The summed E-state index contributed by atoms with van der Waals surface area (Å²) in [6.45, 7) is 5.49. The van der Waals surface area contributed by atoms with Crippen LogP contribution in [-0.4, -0.2) is 22.4 Å². The van der Waals surface area contributed by atoms with E-state index in [0.717, 1.165) is 18.5 Å². The highest BCUT2D eigenvalue weighted by Gasteiger charge is 2.31. The third-order valence-corrected chi connectivity index (χ3v) is 3.31. The lowest BCUT2D eigenvalue weighted by molar-refractivity contribution is 0.291. The van der Waals surface area contributed by atoms with E-state index in [-0.39, 0.29) is 0 Å². The molecule has 0 aliphatic heterocycles. The first-order valence-corrected chi connectivity index (χ1v) is 5.94. The van der Waals surface area contributed by atoms with Crippen molar-refractivity contribution in [2.75, 3.05) is 6.54 Å². The van der Waals surface area contributed by atoms with Crippen LogP contribution in [0.1, 0.15) is 43.4 Å². The quantitative estimate of drug-likeness (QED) is 0.818. The largest absolute Gasteiger partial charge is 0.314 e. The van der Waals surface area contributed by atoms with Gasteiger partial charge >= 0.3 is 0 Å². The highest BCUT2D eigenvalue weighted by molar-refractivity contribution is 5.24. The first-order chi connectivity index (χ1) is 7.20. The van der Waals surface area contributed by atoms with E-state index in [1.54, 1.807) is 0 Å². The van der Waals surface area contributed by atoms with E-state index in [1.165, 1.54) is 30.5 Å². The standard InChI is InChI=1S/C12H21N3/c1-4-5-13-11-6-10(7-11)12-8-15(3)14-9(12)2/h8,10-11,13H,4-7H2,1-3H3. The molecule has 1 aromatic heterocycles. The second kappa shape index (κ2) is 4.35. The molecule has 84 valence electrons. The van der Waals surface area contributed by atoms with E-state index < -0.39 is 0 Å². The Bertz CT molecular complexity index is 324. The molecule has 15 heavy (non-hydrogen) atoms. The van der Waals surface area contributed by atoms with Crippen LogP contribution in [0.3, 0.4) is 0 Å². The normalized spacial score (nSPS) is 25.3. The lowest BCUT2D eigenvalue weighted by Crippen LogP contribution is -2.40. The number of rotatable bonds is 4. The highest BCUT2D eigenvalue weighted by atomic mass is 15.2. The van der Waals surface area contributed by atoms with Crippen molar-refractivity contribution >= 4 is 0 Å². The molecular weight excluding hydrogens is 186 g/mol. The summed E-state index contributed by atoms with van der Waals surface area (Å²) in [4.78, 5) is 0. The summed E-state index contributed by atoms with van der Waals surface area (Å²) >= 11 is 0. The molecule has 0 amide bonds. The van der Waals surface area contributed by atoms with Crippen LogP contribution in [0.4, 0.5) is 0 Å². The Morgan fingerprint density at radius 1 is 1.53 bits per heavy atom. The molecule has 1 aliphatic rings. The van der Waals surface area contributed by atoms with Crippen molar-refractivity contribution in [3.8, 4) is 0 Å². The van der Waals surface area contributed by atoms with Gasteiger partial charge in [0.2, 0.25) is 0 Å². The predicted octanol–water partition coefficient (Wildman–Crippen LogP) is 1.97. The highest BCUT2D eigenvalue weighted by Crippen LogP contribution is 2.37. The lowest BCUT2D eigenvalue weighted by Gasteiger charge is -2.36. The minimum atomic E-state index is 0.744. The number of nitrogens with one attached hydrogen (secondary N) is 1. The number of aromatic nitrogens is 2. The predicted molar refractivity (Wildman–Crippen MR) is 62.0 cm³/mol.